The molecule has 0 bridgehead atoms. The number of fused-ring (bicyclic) bond motifs is 4. The summed E-state index contributed by atoms with van der Waals surface area (Å²) in [7, 11) is 0. The monoisotopic (exact) mass is 898 g/mol. The molecule has 0 saturated carbocycles. The molecule has 10 aromatic rings. The van der Waals surface area contributed by atoms with Crippen LogP contribution in [0.5, 0.6) is 11.5 Å². The van der Waals surface area contributed by atoms with E-state index in [-0.39, 0.29) is 16.2 Å². The summed E-state index contributed by atoms with van der Waals surface area (Å²) in [6.45, 7) is 16.7. The first-order chi connectivity index (χ1) is 33.3. The lowest BCUT2D eigenvalue weighted by atomic mass is 9.78. The summed E-state index contributed by atoms with van der Waals surface area (Å²) in [4.78, 5) is 9.92. The van der Waals surface area contributed by atoms with Gasteiger partial charge in [-0.05, 0) is 117 Å². The van der Waals surface area contributed by atoms with E-state index in [1.807, 2.05) is 6.20 Å². The Balaban J connectivity index is 0.985. The van der Waals surface area contributed by atoms with Gasteiger partial charge in [-0.1, -0.05) is 170 Å². The van der Waals surface area contributed by atoms with E-state index in [1.54, 1.807) is 0 Å². The number of hydrogen-bond acceptors (Lipinski definition) is 4. The van der Waals surface area contributed by atoms with Gasteiger partial charge in [0.15, 0.2) is 0 Å². The Bertz CT molecular complexity index is 3490. The van der Waals surface area contributed by atoms with Gasteiger partial charge < -0.3 is 14.5 Å². The van der Waals surface area contributed by atoms with Gasteiger partial charge in [-0.25, -0.2) is 4.98 Å². The third kappa shape index (κ3) is 8.02. The van der Waals surface area contributed by atoms with Gasteiger partial charge in [0, 0.05) is 51.3 Å². The molecule has 11 rings (SSSR count). The highest BCUT2D eigenvalue weighted by molar-refractivity contribution is 6.10. The van der Waals surface area contributed by atoms with Crippen LogP contribution < -0.4 is 14.5 Å². The number of nitrogens with zero attached hydrogens (tertiary/aromatic N) is 4. The number of ether oxygens (including phenoxy) is 1. The van der Waals surface area contributed by atoms with Crippen LogP contribution in [0.25, 0.3) is 38.8 Å². The van der Waals surface area contributed by atoms with E-state index in [0.717, 1.165) is 50.5 Å². The van der Waals surface area contributed by atoms with Crippen molar-refractivity contribution in [2.24, 2.45) is 0 Å². The number of aromatic nitrogens is 2. The van der Waals surface area contributed by atoms with E-state index in [4.69, 9.17) is 9.72 Å². The fourth-order valence-corrected chi connectivity index (χ4v) is 10.2. The first kappa shape index (κ1) is 43.7. The van der Waals surface area contributed by atoms with Crippen molar-refractivity contribution < 1.29 is 4.74 Å². The van der Waals surface area contributed by atoms with E-state index in [1.165, 1.54) is 50.3 Å². The highest BCUT2D eigenvalue weighted by atomic mass is 16.5. The molecule has 0 N–H and O–H groups in total. The Morgan fingerprint density at radius 3 is 1.71 bits per heavy atom. The summed E-state index contributed by atoms with van der Waals surface area (Å²) in [5, 5.41) is 2.30. The Morgan fingerprint density at radius 1 is 0.406 bits per heavy atom. The topological polar surface area (TPSA) is 33.5 Å². The van der Waals surface area contributed by atoms with Crippen molar-refractivity contribution in [2.75, 3.05) is 16.5 Å². The predicted molar refractivity (Wildman–Crippen MR) is 288 cm³/mol. The fraction of sp³-hybridized carbons (Fsp3) is 0.172. The number of pyridine rings is 1. The molecule has 2 aromatic heterocycles. The zero-order chi connectivity index (χ0) is 47.5. The molecule has 0 fully saturated rings. The van der Waals surface area contributed by atoms with E-state index in [9.17, 15) is 0 Å². The lowest BCUT2D eigenvalue weighted by Crippen LogP contribution is -2.24. The summed E-state index contributed by atoms with van der Waals surface area (Å²) in [5.74, 6) is 2.38. The Labute approximate surface area is 406 Å². The van der Waals surface area contributed by atoms with Crippen LogP contribution in [-0.2, 0) is 16.2 Å². The maximum Gasteiger partial charge on any atom is 0.137 e. The summed E-state index contributed by atoms with van der Waals surface area (Å²) < 4.78 is 9.19. The van der Waals surface area contributed by atoms with Crippen molar-refractivity contribution in [3.63, 3.8) is 0 Å². The van der Waals surface area contributed by atoms with Crippen LogP contribution in [0, 0.1) is 0 Å². The van der Waals surface area contributed by atoms with Gasteiger partial charge >= 0.3 is 0 Å². The molecule has 1 aliphatic rings. The van der Waals surface area contributed by atoms with Crippen molar-refractivity contribution in [1.82, 2.24) is 9.55 Å². The second-order valence-corrected chi connectivity index (χ2v) is 20.6. The van der Waals surface area contributed by atoms with Crippen molar-refractivity contribution in [2.45, 2.75) is 64.7 Å². The summed E-state index contributed by atoms with van der Waals surface area (Å²) in [6.07, 6.45) is 1.95. The maximum atomic E-state index is 6.89. The average Bonchev–Trinajstić information content (AvgIpc) is 3.92. The number of anilines is 4. The van der Waals surface area contributed by atoms with Crippen LogP contribution in [0.3, 0.4) is 0 Å². The van der Waals surface area contributed by atoms with E-state index < -0.39 is 0 Å². The first-order valence-corrected chi connectivity index (χ1v) is 24.1. The summed E-state index contributed by atoms with van der Waals surface area (Å²) in [5.41, 5.74) is 15.0. The third-order valence-electron chi connectivity index (χ3n) is 14.5. The third-order valence-corrected chi connectivity index (χ3v) is 14.5. The molecular weight excluding hydrogens is 841 g/mol. The molecule has 340 valence electrons. The van der Waals surface area contributed by atoms with Crippen LogP contribution in [0.15, 0.2) is 212 Å². The number of rotatable bonds is 10. The van der Waals surface area contributed by atoms with Gasteiger partial charge in [0.05, 0.1) is 22.4 Å². The maximum absolute atomic E-state index is 6.89. The van der Waals surface area contributed by atoms with Gasteiger partial charge in [0.2, 0.25) is 0 Å². The largest absolute Gasteiger partial charge is 0.457 e. The molecule has 0 spiro atoms. The lowest BCUT2D eigenvalue weighted by Gasteiger charge is -2.28. The summed E-state index contributed by atoms with van der Waals surface area (Å²) >= 11 is 0. The Hall–Kier alpha value is -7.89. The average molecular weight is 899 g/mol. The molecule has 0 atom stereocenters. The molecule has 0 saturated heterocycles. The van der Waals surface area contributed by atoms with E-state index in [2.05, 4.69) is 269 Å². The molecule has 5 nitrogen and oxygen atoms in total. The van der Waals surface area contributed by atoms with Crippen molar-refractivity contribution in [1.29, 1.82) is 0 Å². The van der Waals surface area contributed by atoms with Crippen LogP contribution in [0.4, 0.5) is 22.7 Å². The highest BCUT2D eigenvalue weighted by Gasteiger charge is 2.33. The molecule has 0 amide bonds. The molecule has 3 heterocycles. The normalized spacial score (nSPS) is 13.0. The molecule has 69 heavy (non-hydrogen) atoms. The molecule has 0 unspecified atom stereocenters. The smallest absolute Gasteiger partial charge is 0.137 e. The van der Waals surface area contributed by atoms with E-state index >= 15 is 0 Å². The highest BCUT2D eigenvalue weighted by Crippen LogP contribution is 2.48. The molecular formula is C64H58N4O. The minimum absolute atomic E-state index is 0.0172. The van der Waals surface area contributed by atoms with Crippen LogP contribution in [-0.4, -0.2) is 16.2 Å². The minimum Gasteiger partial charge on any atom is -0.457 e. The molecule has 8 aromatic carbocycles. The number of benzene rings is 8. The van der Waals surface area contributed by atoms with Gasteiger partial charge in [-0.15, -0.1) is 0 Å². The second-order valence-electron chi connectivity index (χ2n) is 20.6. The lowest BCUT2D eigenvalue weighted by molar-refractivity contribution is 0.483. The molecule has 1 aliphatic heterocycles. The number of hydrogen-bond donors (Lipinski definition) is 0. The Morgan fingerprint density at radius 2 is 1.01 bits per heavy atom. The SMILES string of the molecule is CC(C)(C)c1cccc(N2CN(c3cccc(Oc4ccc5c6cc(-c7ccccc7)ccc6n(-c6cc(C(C)(C)c7ccccc7)ccn6)c5c4)c3)c3ccc(C(C)(C)c4ccccc4)cc32)c1. The van der Waals surface area contributed by atoms with Crippen molar-refractivity contribution in [3.05, 3.63) is 240 Å². The zero-order valence-corrected chi connectivity index (χ0v) is 40.6. The molecule has 0 radical (unpaired) electrons. The summed E-state index contributed by atoms with van der Waals surface area (Å²) in [6, 6.07) is 74.3. The zero-order valence-electron chi connectivity index (χ0n) is 40.6. The minimum atomic E-state index is -0.234. The van der Waals surface area contributed by atoms with E-state index in [0.29, 0.717) is 6.67 Å². The van der Waals surface area contributed by atoms with Crippen LogP contribution >= 0.6 is 0 Å². The van der Waals surface area contributed by atoms with Gasteiger partial charge in [-0.2, -0.15) is 0 Å². The quantitative estimate of drug-likeness (QED) is 0.137. The Kier molecular flexibility index (Phi) is 10.8. The van der Waals surface area contributed by atoms with Crippen molar-refractivity contribution >= 4 is 44.6 Å². The van der Waals surface area contributed by atoms with Gasteiger partial charge in [0.1, 0.15) is 24.0 Å². The molecule has 5 heteroatoms. The molecule has 0 aliphatic carbocycles. The van der Waals surface area contributed by atoms with Crippen LogP contribution in [0.2, 0.25) is 0 Å². The van der Waals surface area contributed by atoms with Crippen LogP contribution in [0.1, 0.15) is 76.3 Å². The first-order valence-electron chi connectivity index (χ1n) is 24.1. The standard InChI is InChI=1S/C64H58N4O/c1-62(2,3)48-25-17-26-51(38-48)67-43-66(58-34-30-49(39-60(58)67)63(4,5)46-21-13-9-14-22-46)52-27-18-28-53(41-52)69-54-31-32-55-56-37-45(44-19-11-8-12-20-44)29-33-57(56)68(59(55)42-54)61-40-50(35-36-65-61)64(6,7)47-23-15-10-16-24-47/h8-42H,43H2,1-7H3. The fourth-order valence-electron chi connectivity index (χ4n) is 10.2. The second kappa shape index (κ2) is 17.0. The van der Waals surface area contributed by atoms with Crippen molar-refractivity contribution in [3.8, 4) is 28.4 Å². The predicted octanol–water partition coefficient (Wildman–Crippen LogP) is 16.8. The van der Waals surface area contributed by atoms with Gasteiger partial charge in [-0.3, -0.25) is 4.57 Å². The van der Waals surface area contributed by atoms with Gasteiger partial charge in [0.25, 0.3) is 0 Å².